The second-order valence-electron chi connectivity index (χ2n) is 6.20. The van der Waals surface area contributed by atoms with E-state index in [1.807, 2.05) is 12.1 Å². The van der Waals surface area contributed by atoms with Crippen LogP contribution >= 0.6 is 0 Å². The lowest BCUT2D eigenvalue weighted by Crippen LogP contribution is -2.32. The average Bonchev–Trinajstić information content (AvgIpc) is 2.51. The SMILES string of the molecule is CCCNc1ccnc(C(=O)NCC2CCCC(C)C2)c1. The Hall–Kier alpha value is -1.58. The molecule has 1 amide bonds. The largest absolute Gasteiger partial charge is 0.385 e. The Labute approximate surface area is 127 Å². The number of anilines is 1. The van der Waals surface area contributed by atoms with E-state index in [9.17, 15) is 4.79 Å². The highest BCUT2D eigenvalue weighted by atomic mass is 16.1. The molecule has 0 spiro atoms. The molecule has 2 rings (SSSR count). The number of hydrogen-bond donors (Lipinski definition) is 2. The van der Waals surface area contributed by atoms with Crippen molar-refractivity contribution in [1.29, 1.82) is 0 Å². The van der Waals surface area contributed by atoms with Gasteiger partial charge >= 0.3 is 0 Å². The fourth-order valence-electron chi connectivity index (χ4n) is 3.01. The highest BCUT2D eigenvalue weighted by Crippen LogP contribution is 2.27. The molecule has 1 fully saturated rings. The van der Waals surface area contributed by atoms with Crippen LogP contribution in [0, 0.1) is 11.8 Å². The summed E-state index contributed by atoms with van der Waals surface area (Å²) in [6.45, 7) is 6.11. The monoisotopic (exact) mass is 289 g/mol. The van der Waals surface area contributed by atoms with E-state index in [-0.39, 0.29) is 5.91 Å². The Morgan fingerprint density at radius 1 is 1.43 bits per heavy atom. The fourth-order valence-corrected chi connectivity index (χ4v) is 3.01. The van der Waals surface area contributed by atoms with E-state index in [1.54, 1.807) is 6.20 Å². The van der Waals surface area contributed by atoms with Gasteiger partial charge in [-0.1, -0.05) is 26.7 Å². The summed E-state index contributed by atoms with van der Waals surface area (Å²) in [5, 5.41) is 6.32. The van der Waals surface area contributed by atoms with Gasteiger partial charge in [-0.05, 0) is 43.2 Å². The average molecular weight is 289 g/mol. The number of nitrogens with zero attached hydrogens (tertiary/aromatic N) is 1. The molecular formula is C17H27N3O. The van der Waals surface area contributed by atoms with Crippen LogP contribution in [0.2, 0.25) is 0 Å². The molecule has 1 heterocycles. The minimum atomic E-state index is -0.0617. The van der Waals surface area contributed by atoms with Crippen LogP contribution in [0.4, 0.5) is 5.69 Å². The molecule has 116 valence electrons. The van der Waals surface area contributed by atoms with Gasteiger partial charge in [-0.15, -0.1) is 0 Å². The molecule has 21 heavy (non-hydrogen) atoms. The summed E-state index contributed by atoms with van der Waals surface area (Å²) in [4.78, 5) is 16.4. The van der Waals surface area contributed by atoms with Crippen molar-refractivity contribution < 1.29 is 4.79 Å². The molecule has 1 aromatic rings. The standard InChI is InChI=1S/C17H27N3O/c1-3-8-18-15-7-9-19-16(11-15)17(21)20-12-14-6-4-5-13(2)10-14/h7,9,11,13-14H,3-6,8,10,12H2,1-2H3,(H,18,19)(H,20,21). The minimum absolute atomic E-state index is 0.0617. The number of hydrogen-bond acceptors (Lipinski definition) is 3. The fraction of sp³-hybridized carbons (Fsp3) is 0.647. The molecule has 0 radical (unpaired) electrons. The van der Waals surface area contributed by atoms with Gasteiger partial charge in [0.15, 0.2) is 0 Å². The van der Waals surface area contributed by atoms with Gasteiger partial charge < -0.3 is 10.6 Å². The lowest BCUT2D eigenvalue weighted by Gasteiger charge is -2.26. The highest BCUT2D eigenvalue weighted by Gasteiger charge is 2.19. The van der Waals surface area contributed by atoms with Crippen LogP contribution in [0.25, 0.3) is 0 Å². The van der Waals surface area contributed by atoms with Gasteiger partial charge in [0.25, 0.3) is 5.91 Å². The number of carbonyl (C=O) groups excluding carboxylic acids is 1. The smallest absolute Gasteiger partial charge is 0.269 e. The summed E-state index contributed by atoms with van der Waals surface area (Å²) < 4.78 is 0. The lowest BCUT2D eigenvalue weighted by atomic mass is 9.82. The Morgan fingerprint density at radius 3 is 3.05 bits per heavy atom. The Balaban J connectivity index is 1.85. The third-order valence-corrected chi connectivity index (χ3v) is 4.17. The Morgan fingerprint density at radius 2 is 2.29 bits per heavy atom. The molecular weight excluding hydrogens is 262 g/mol. The number of amides is 1. The summed E-state index contributed by atoms with van der Waals surface area (Å²) in [6, 6.07) is 3.73. The van der Waals surface area contributed by atoms with Gasteiger partial charge in [0.1, 0.15) is 5.69 Å². The number of carbonyl (C=O) groups is 1. The first-order chi connectivity index (χ1) is 10.2. The van der Waals surface area contributed by atoms with Crippen molar-refractivity contribution in [3.8, 4) is 0 Å². The maximum Gasteiger partial charge on any atom is 0.269 e. The van der Waals surface area contributed by atoms with Gasteiger partial charge in [0.05, 0.1) is 0 Å². The molecule has 4 heteroatoms. The van der Waals surface area contributed by atoms with E-state index in [1.165, 1.54) is 25.7 Å². The van der Waals surface area contributed by atoms with E-state index in [0.29, 0.717) is 11.6 Å². The van der Waals surface area contributed by atoms with Crippen molar-refractivity contribution in [2.45, 2.75) is 46.0 Å². The van der Waals surface area contributed by atoms with Gasteiger partial charge in [-0.25, -0.2) is 0 Å². The summed E-state index contributed by atoms with van der Waals surface area (Å²) in [5.41, 5.74) is 1.46. The zero-order chi connectivity index (χ0) is 15.1. The molecule has 2 atom stereocenters. The van der Waals surface area contributed by atoms with Gasteiger partial charge in [0.2, 0.25) is 0 Å². The van der Waals surface area contributed by atoms with Crippen molar-refractivity contribution in [2.24, 2.45) is 11.8 Å². The van der Waals surface area contributed by atoms with E-state index in [0.717, 1.165) is 31.1 Å². The van der Waals surface area contributed by atoms with Gasteiger partial charge in [-0.2, -0.15) is 0 Å². The van der Waals surface area contributed by atoms with Crippen molar-refractivity contribution >= 4 is 11.6 Å². The maximum absolute atomic E-state index is 12.2. The zero-order valence-corrected chi connectivity index (χ0v) is 13.2. The van der Waals surface area contributed by atoms with E-state index >= 15 is 0 Å². The summed E-state index contributed by atoms with van der Waals surface area (Å²) in [6.07, 6.45) is 7.83. The number of aromatic nitrogens is 1. The van der Waals surface area contributed by atoms with Crippen LogP contribution in [0.15, 0.2) is 18.3 Å². The van der Waals surface area contributed by atoms with Crippen LogP contribution in [0.5, 0.6) is 0 Å². The highest BCUT2D eigenvalue weighted by molar-refractivity contribution is 5.93. The van der Waals surface area contributed by atoms with Crippen molar-refractivity contribution in [3.63, 3.8) is 0 Å². The first kappa shape index (κ1) is 15.8. The molecule has 0 aliphatic heterocycles. The third-order valence-electron chi connectivity index (χ3n) is 4.17. The van der Waals surface area contributed by atoms with Crippen LogP contribution in [0.1, 0.15) is 56.4 Å². The predicted octanol–water partition coefficient (Wildman–Crippen LogP) is 3.46. The van der Waals surface area contributed by atoms with Crippen molar-refractivity contribution in [2.75, 3.05) is 18.4 Å². The molecule has 2 unspecified atom stereocenters. The Bertz CT molecular complexity index is 461. The maximum atomic E-state index is 12.2. The first-order valence-corrected chi connectivity index (χ1v) is 8.17. The van der Waals surface area contributed by atoms with Gasteiger partial charge in [-0.3, -0.25) is 9.78 Å². The van der Waals surface area contributed by atoms with Crippen LogP contribution in [-0.4, -0.2) is 24.0 Å². The summed E-state index contributed by atoms with van der Waals surface area (Å²) in [5.74, 6) is 1.35. The lowest BCUT2D eigenvalue weighted by molar-refractivity contribution is 0.0935. The third kappa shape index (κ3) is 5.03. The van der Waals surface area contributed by atoms with Crippen LogP contribution in [-0.2, 0) is 0 Å². The second-order valence-corrected chi connectivity index (χ2v) is 6.20. The number of rotatable bonds is 6. The second kappa shape index (κ2) is 8.01. The molecule has 0 aromatic carbocycles. The quantitative estimate of drug-likeness (QED) is 0.843. The van der Waals surface area contributed by atoms with Crippen molar-refractivity contribution in [1.82, 2.24) is 10.3 Å². The van der Waals surface area contributed by atoms with Crippen LogP contribution in [0.3, 0.4) is 0 Å². The first-order valence-electron chi connectivity index (χ1n) is 8.17. The molecule has 1 aliphatic carbocycles. The van der Waals surface area contributed by atoms with Gasteiger partial charge in [0, 0.05) is 25.0 Å². The van der Waals surface area contributed by atoms with Crippen molar-refractivity contribution in [3.05, 3.63) is 24.0 Å². The molecule has 2 N–H and O–H groups in total. The predicted molar refractivity (Wildman–Crippen MR) is 86.5 cm³/mol. The van der Waals surface area contributed by atoms with E-state index in [2.05, 4.69) is 29.5 Å². The summed E-state index contributed by atoms with van der Waals surface area (Å²) in [7, 11) is 0. The number of nitrogens with one attached hydrogen (secondary N) is 2. The topological polar surface area (TPSA) is 54.0 Å². The zero-order valence-electron chi connectivity index (χ0n) is 13.2. The molecule has 1 aliphatic rings. The molecule has 0 saturated heterocycles. The molecule has 0 bridgehead atoms. The number of pyridine rings is 1. The minimum Gasteiger partial charge on any atom is -0.385 e. The summed E-state index contributed by atoms with van der Waals surface area (Å²) >= 11 is 0. The van der Waals surface area contributed by atoms with E-state index < -0.39 is 0 Å². The molecule has 1 saturated carbocycles. The van der Waals surface area contributed by atoms with Crippen LogP contribution < -0.4 is 10.6 Å². The van der Waals surface area contributed by atoms with E-state index in [4.69, 9.17) is 0 Å². The normalized spacial score (nSPS) is 21.8. The molecule has 1 aromatic heterocycles. The molecule has 4 nitrogen and oxygen atoms in total. The Kier molecular flexibility index (Phi) is 6.03.